The Morgan fingerprint density at radius 2 is 1.94 bits per heavy atom. The molecular weight excluding hydrogens is 239 g/mol. The molecule has 2 unspecified atom stereocenters. The van der Waals surface area contributed by atoms with Crippen LogP contribution in [-0.4, -0.2) is 29.2 Å². The van der Waals surface area contributed by atoms with Crippen LogP contribution in [0.25, 0.3) is 0 Å². The lowest BCUT2D eigenvalue weighted by molar-refractivity contribution is -0.146. The third kappa shape index (κ3) is 9.45. The molecule has 0 aliphatic heterocycles. The lowest BCUT2D eigenvalue weighted by Gasteiger charge is -2.13. The SMILES string of the molecule is CCCC(F)CCCSC(C)C(=O)OC(C)C. The van der Waals surface area contributed by atoms with Gasteiger partial charge in [0.1, 0.15) is 6.17 Å². The van der Waals surface area contributed by atoms with Crippen molar-refractivity contribution in [1.82, 2.24) is 0 Å². The fraction of sp³-hybridized carbons (Fsp3) is 0.923. The predicted molar refractivity (Wildman–Crippen MR) is 72.2 cm³/mol. The Hall–Kier alpha value is -0.250. The van der Waals surface area contributed by atoms with E-state index in [4.69, 9.17) is 4.74 Å². The molecule has 0 rings (SSSR count). The summed E-state index contributed by atoms with van der Waals surface area (Å²) in [6, 6.07) is 0. The summed E-state index contributed by atoms with van der Waals surface area (Å²) in [5.41, 5.74) is 0. The number of carbonyl (C=O) groups excluding carboxylic acids is 1. The minimum absolute atomic E-state index is 0.0645. The summed E-state index contributed by atoms with van der Waals surface area (Å²) in [4.78, 5) is 11.5. The van der Waals surface area contributed by atoms with E-state index in [9.17, 15) is 9.18 Å². The van der Waals surface area contributed by atoms with E-state index in [1.807, 2.05) is 27.7 Å². The van der Waals surface area contributed by atoms with Gasteiger partial charge < -0.3 is 4.74 Å². The zero-order chi connectivity index (χ0) is 13.3. The number of halogens is 1. The first-order valence-corrected chi connectivity index (χ1v) is 7.48. The van der Waals surface area contributed by atoms with Crippen LogP contribution in [0, 0.1) is 0 Å². The molecule has 0 fully saturated rings. The minimum atomic E-state index is -0.682. The topological polar surface area (TPSA) is 26.3 Å². The number of carbonyl (C=O) groups is 1. The van der Waals surface area contributed by atoms with Crippen molar-refractivity contribution in [3.63, 3.8) is 0 Å². The molecule has 0 N–H and O–H groups in total. The smallest absolute Gasteiger partial charge is 0.319 e. The van der Waals surface area contributed by atoms with E-state index >= 15 is 0 Å². The Morgan fingerprint density at radius 1 is 1.29 bits per heavy atom. The van der Waals surface area contributed by atoms with Crippen molar-refractivity contribution in [1.29, 1.82) is 0 Å². The molecule has 102 valence electrons. The molecule has 0 aliphatic carbocycles. The zero-order valence-corrected chi connectivity index (χ0v) is 12.2. The average molecular weight is 264 g/mol. The third-order valence-corrected chi connectivity index (χ3v) is 3.53. The second-order valence-electron chi connectivity index (χ2n) is 4.53. The molecule has 0 aliphatic rings. The molecule has 0 bridgehead atoms. The first-order chi connectivity index (χ1) is 7.97. The largest absolute Gasteiger partial charge is 0.462 e. The van der Waals surface area contributed by atoms with Crippen molar-refractivity contribution in [2.75, 3.05) is 5.75 Å². The first kappa shape index (κ1) is 16.8. The van der Waals surface area contributed by atoms with Gasteiger partial charge in [-0.05, 0) is 45.8 Å². The maximum Gasteiger partial charge on any atom is 0.319 e. The average Bonchev–Trinajstić information content (AvgIpc) is 2.23. The second kappa shape index (κ2) is 9.75. The van der Waals surface area contributed by atoms with Crippen molar-refractivity contribution < 1.29 is 13.9 Å². The predicted octanol–water partition coefficient (Wildman–Crippen LogP) is 3.98. The molecule has 0 aromatic rings. The van der Waals surface area contributed by atoms with Crippen molar-refractivity contribution in [2.24, 2.45) is 0 Å². The molecule has 17 heavy (non-hydrogen) atoms. The summed E-state index contributed by atoms with van der Waals surface area (Å²) in [5.74, 6) is 0.647. The summed E-state index contributed by atoms with van der Waals surface area (Å²) in [5, 5.41) is -0.151. The number of ether oxygens (including phenoxy) is 1. The fourth-order valence-corrected chi connectivity index (χ4v) is 2.30. The van der Waals surface area contributed by atoms with Crippen molar-refractivity contribution in [3.05, 3.63) is 0 Å². The van der Waals surface area contributed by atoms with Crippen LogP contribution < -0.4 is 0 Å². The van der Waals surface area contributed by atoms with Crippen LogP contribution in [0.2, 0.25) is 0 Å². The van der Waals surface area contributed by atoms with Gasteiger partial charge >= 0.3 is 5.97 Å². The van der Waals surface area contributed by atoms with Crippen molar-refractivity contribution >= 4 is 17.7 Å². The number of rotatable bonds is 9. The Balaban J connectivity index is 3.57. The van der Waals surface area contributed by atoms with Gasteiger partial charge in [0.05, 0.1) is 11.4 Å². The van der Waals surface area contributed by atoms with Gasteiger partial charge in [0.25, 0.3) is 0 Å². The molecule has 0 saturated heterocycles. The molecule has 0 spiro atoms. The van der Waals surface area contributed by atoms with Gasteiger partial charge in [-0.2, -0.15) is 0 Å². The van der Waals surface area contributed by atoms with E-state index < -0.39 is 6.17 Å². The quantitative estimate of drug-likeness (QED) is 0.465. The molecule has 0 heterocycles. The van der Waals surface area contributed by atoms with Crippen LogP contribution in [0.1, 0.15) is 53.4 Å². The van der Waals surface area contributed by atoms with Crippen LogP contribution >= 0.6 is 11.8 Å². The van der Waals surface area contributed by atoms with E-state index in [1.165, 1.54) is 0 Å². The van der Waals surface area contributed by atoms with E-state index in [2.05, 4.69) is 0 Å². The molecule has 4 heteroatoms. The highest BCUT2D eigenvalue weighted by Gasteiger charge is 2.16. The van der Waals surface area contributed by atoms with E-state index in [1.54, 1.807) is 11.8 Å². The Morgan fingerprint density at radius 3 is 2.47 bits per heavy atom. The Kier molecular flexibility index (Phi) is 9.60. The first-order valence-electron chi connectivity index (χ1n) is 6.43. The molecule has 0 aromatic heterocycles. The highest BCUT2D eigenvalue weighted by Crippen LogP contribution is 2.17. The van der Waals surface area contributed by atoms with Crippen molar-refractivity contribution in [2.45, 2.75) is 70.9 Å². The lowest BCUT2D eigenvalue weighted by atomic mass is 10.1. The minimum Gasteiger partial charge on any atom is -0.462 e. The normalized spacial score (nSPS) is 14.7. The number of hydrogen-bond donors (Lipinski definition) is 0. The van der Waals surface area contributed by atoms with E-state index in [0.29, 0.717) is 12.8 Å². The van der Waals surface area contributed by atoms with Gasteiger partial charge in [-0.15, -0.1) is 11.8 Å². The highest BCUT2D eigenvalue weighted by atomic mass is 32.2. The van der Waals surface area contributed by atoms with Gasteiger partial charge in [-0.1, -0.05) is 13.3 Å². The van der Waals surface area contributed by atoms with E-state index in [0.717, 1.165) is 18.6 Å². The zero-order valence-electron chi connectivity index (χ0n) is 11.4. The second-order valence-corrected chi connectivity index (χ2v) is 5.98. The maximum atomic E-state index is 13.2. The van der Waals surface area contributed by atoms with Crippen LogP contribution in [0.15, 0.2) is 0 Å². The molecule has 2 atom stereocenters. The van der Waals surface area contributed by atoms with E-state index in [-0.39, 0.29) is 17.3 Å². The fourth-order valence-electron chi connectivity index (χ4n) is 1.42. The maximum absolute atomic E-state index is 13.2. The Bertz CT molecular complexity index is 210. The molecular formula is C13H25FO2S. The van der Waals surface area contributed by atoms with Crippen LogP contribution in [-0.2, 0) is 9.53 Å². The Labute approximate surface area is 109 Å². The summed E-state index contributed by atoms with van der Waals surface area (Å²) >= 11 is 1.55. The van der Waals surface area contributed by atoms with Gasteiger partial charge in [-0.3, -0.25) is 4.79 Å². The monoisotopic (exact) mass is 264 g/mol. The standard InChI is InChI=1S/C13H25FO2S/c1-5-7-12(14)8-6-9-17-11(4)13(15)16-10(2)3/h10-12H,5-9H2,1-4H3. The highest BCUT2D eigenvalue weighted by molar-refractivity contribution is 8.00. The van der Waals surface area contributed by atoms with Crippen molar-refractivity contribution in [3.8, 4) is 0 Å². The van der Waals surface area contributed by atoms with Crippen LogP contribution in [0.5, 0.6) is 0 Å². The summed E-state index contributed by atoms with van der Waals surface area (Å²) in [6.07, 6.45) is 2.22. The van der Waals surface area contributed by atoms with Gasteiger partial charge in [0.15, 0.2) is 0 Å². The molecule has 0 saturated carbocycles. The van der Waals surface area contributed by atoms with Gasteiger partial charge in [0, 0.05) is 0 Å². The summed E-state index contributed by atoms with van der Waals surface area (Å²) in [7, 11) is 0. The van der Waals surface area contributed by atoms with Gasteiger partial charge in [-0.25, -0.2) is 4.39 Å². The number of hydrogen-bond acceptors (Lipinski definition) is 3. The molecule has 0 radical (unpaired) electrons. The molecule has 0 amide bonds. The number of thioether (sulfide) groups is 1. The van der Waals surface area contributed by atoms with Gasteiger partial charge in [0.2, 0.25) is 0 Å². The lowest BCUT2D eigenvalue weighted by Crippen LogP contribution is -2.21. The number of alkyl halides is 1. The van der Waals surface area contributed by atoms with Crippen LogP contribution in [0.4, 0.5) is 4.39 Å². The molecule has 2 nitrogen and oxygen atoms in total. The summed E-state index contributed by atoms with van der Waals surface area (Å²) in [6.45, 7) is 7.52. The number of esters is 1. The molecule has 0 aromatic carbocycles. The summed E-state index contributed by atoms with van der Waals surface area (Å²) < 4.78 is 18.3. The van der Waals surface area contributed by atoms with Crippen LogP contribution in [0.3, 0.4) is 0 Å². The third-order valence-electron chi connectivity index (χ3n) is 2.32.